The number of fused-ring (bicyclic) bond motifs is 1. The monoisotopic (exact) mass is 404 g/mol. The number of furan rings is 1. The molecule has 0 fully saturated rings. The summed E-state index contributed by atoms with van der Waals surface area (Å²) in [6.45, 7) is 0. The average Bonchev–Trinajstić information content (AvgIpc) is 2.92. The molecule has 0 aliphatic carbocycles. The fourth-order valence-electron chi connectivity index (χ4n) is 1.88. The number of hydrogen-bond donors (Lipinski definition) is 2. The van der Waals surface area contributed by atoms with Crippen LogP contribution in [-0.4, -0.2) is 9.97 Å². The number of aromatic amines is 2. The Bertz CT molecular complexity index is 806. The summed E-state index contributed by atoms with van der Waals surface area (Å²) in [5, 5.41) is 0.340. The van der Waals surface area contributed by atoms with Crippen molar-refractivity contribution in [1.29, 1.82) is 0 Å². The van der Waals surface area contributed by atoms with Crippen molar-refractivity contribution in [3.05, 3.63) is 55.8 Å². The minimum absolute atomic E-state index is 0.155. The van der Waals surface area contributed by atoms with Gasteiger partial charge in [0.25, 0.3) is 0 Å². The zero-order chi connectivity index (χ0) is 13.6. The molecule has 0 saturated carbocycles. The first-order valence-electron chi connectivity index (χ1n) is 5.35. The molecular weight excluding hydrogens is 399 g/mol. The second-order valence-electron chi connectivity index (χ2n) is 4.00. The molecular formula is C12H7Br2ClN2O2. The van der Waals surface area contributed by atoms with Gasteiger partial charge in [0.1, 0.15) is 5.76 Å². The highest BCUT2D eigenvalue weighted by Gasteiger charge is 2.18. The van der Waals surface area contributed by atoms with E-state index < -0.39 is 0 Å². The minimum Gasteiger partial charge on any atom is -0.448 e. The fraction of sp³-hybridized carbons (Fsp3) is 0.0833. The van der Waals surface area contributed by atoms with E-state index in [-0.39, 0.29) is 10.5 Å². The van der Waals surface area contributed by atoms with Crippen molar-refractivity contribution in [3.8, 4) is 0 Å². The number of benzene rings is 1. The van der Waals surface area contributed by atoms with Crippen LogP contribution in [0.4, 0.5) is 0 Å². The summed E-state index contributed by atoms with van der Waals surface area (Å²) in [4.78, 5) is 16.6. The number of nitrogens with one attached hydrogen (secondary N) is 2. The highest BCUT2D eigenvalue weighted by atomic mass is 79.9. The number of aromatic nitrogens is 2. The Morgan fingerprint density at radius 2 is 1.89 bits per heavy atom. The van der Waals surface area contributed by atoms with Crippen LogP contribution in [0.2, 0.25) is 5.22 Å². The van der Waals surface area contributed by atoms with Crippen LogP contribution in [0.25, 0.3) is 11.0 Å². The third kappa shape index (κ3) is 2.40. The first-order chi connectivity index (χ1) is 9.04. The van der Waals surface area contributed by atoms with E-state index in [4.69, 9.17) is 16.0 Å². The Balaban J connectivity index is 2.13. The van der Waals surface area contributed by atoms with E-state index in [9.17, 15) is 4.79 Å². The predicted octanol–water partition coefficient (Wildman–Crippen LogP) is 4.35. The molecule has 7 heteroatoms. The van der Waals surface area contributed by atoms with Gasteiger partial charge in [-0.05, 0) is 41.4 Å². The van der Waals surface area contributed by atoms with Gasteiger partial charge in [0.05, 0.1) is 15.9 Å². The van der Waals surface area contributed by atoms with Gasteiger partial charge in [-0.2, -0.15) is 0 Å². The van der Waals surface area contributed by atoms with Crippen LogP contribution in [0, 0.1) is 0 Å². The van der Waals surface area contributed by atoms with Crippen LogP contribution < -0.4 is 5.69 Å². The lowest BCUT2D eigenvalue weighted by atomic mass is 10.1. The quantitative estimate of drug-likeness (QED) is 0.622. The van der Waals surface area contributed by atoms with Gasteiger partial charge in [-0.1, -0.05) is 31.9 Å². The topological polar surface area (TPSA) is 61.8 Å². The van der Waals surface area contributed by atoms with Gasteiger partial charge < -0.3 is 14.4 Å². The molecule has 2 N–H and O–H groups in total. The number of H-pyrrole nitrogens is 2. The van der Waals surface area contributed by atoms with E-state index in [1.165, 1.54) is 0 Å². The second kappa shape index (κ2) is 4.85. The highest BCUT2D eigenvalue weighted by molar-refractivity contribution is 9.11. The average molecular weight is 406 g/mol. The maximum absolute atomic E-state index is 11.3. The second-order valence-corrected chi connectivity index (χ2v) is 6.15. The van der Waals surface area contributed by atoms with E-state index in [1.54, 1.807) is 12.1 Å². The minimum atomic E-state index is -0.230. The first kappa shape index (κ1) is 13.0. The van der Waals surface area contributed by atoms with Gasteiger partial charge in [-0.3, -0.25) is 0 Å². The van der Waals surface area contributed by atoms with E-state index in [0.29, 0.717) is 11.0 Å². The van der Waals surface area contributed by atoms with Gasteiger partial charge in [0.15, 0.2) is 5.22 Å². The maximum atomic E-state index is 11.3. The number of alkyl halides is 1. The Morgan fingerprint density at radius 1 is 1.21 bits per heavy atom. The molecule has 3 aromatic rings. The molecule has 1 unspecified atom stereocenters. The third-order valence-electron chi connectivity index (χ3n) is 2.75. The maximum Gasteiger partial charge on any atom is 0.323 e. The number of hydrogen-bond acceptors (Lipinski definition) is 2. The Labute approximate surface area is 129 Å². The SMILES string of the molecule is O=c1[nH]c2cc(Br)c(C(Br)c3ccc(Cl)o3)cc2[nH]1. The van der Waals surface area contributed by atoms with Crippen LogP contribution in [-0.2, 0) is 0 Å². The molecule has 1 aromatic carbocycles. The number of rotatable bonds is 2. The first-order valence-corrected chi connectivity index (χ1v) is 7.44. The van der Waals surface area contributed by atoms with Gasteiger partial charge in [0.2, 0.25) is 0 Å². The molecule has 0 aliphatic heterocycles. The molecule has 0 bridgehead atoms. The normalized spacial score (nSPS) is 13.0. The lowest BCUT2D eigenvalue weighted by Gasteiger charge is -2.09. The van der Waals surface area contributed by atoms with E-state index in [0.717, 1.165) is 21.1 Å². The molecule has 0 radical (unpaired) electrons. The van der Waals surface area contributed by atoms with Crippen molar-refractivity contribution in [1.82, 2.24) is 9.97 Å². The zero-order valence-corrected chi connectivity index (χ0v) is 13.3. The van der Waals surface area contributed by atoms with Crippen LogP contribution in [0.1, 0.15) is 16.2 Å². The van der Waals surface area contributed by atoms with Crippen molar-refractivity contribution in [2.24, 2.45) is 0 Å². The summed E-state index contributed by atoms with van der Waals surface area (Å²) >= 11 is 12.8. The van der Waals surface area contributed by atoms with Gasteiger partial charge >= 0.3 is 5.69 Å². The van der Waals surface area contributed by atoms with Crippen molar-refractivity contribution in [3.63, 3.8) is 0 Å². The summed E-state index contributed by atoms with van der Waals surface area (Å²) < 4.78 is 6.26. The molecule has 2 heterocycles. The molecule has 0 spiro atoms. The fourth-order valence-corrected chi connectivity index (χ4v) is 3.54. The van der Waals surface area contributed by atoms with Crippen molar-refractivity contribution >= 4 is 54.5 Å². The smallest absolute Gasteiger partial charge is 0.323 e. The third-order valence-corrected chi connectivity index (χ3v) is 4.58. The summed E-state index contributed by atoms with van der Waals surface area (Å²) in [6.07, 6.45) is 0. The lowest BCUT2D eigenvalue weighted by Crippen LogP contribution is -1.99. The van der Waals surface area contributed by atoms with Crippen molar-refractivity contribution in [2.75, 3.05) is 0 Å². The molecule has 4 nitrogen and oxygen atoms in total. The van der Waals surface area contributed by atoms with Gasteiger partial charge in [-0.15, -0.1) is 0 Å². The van der Waals surface area contributed by atoms with Crippen molar-refractivity contribution < 1.29 is 4.42 Å². The molecule has 0 aliphatic rings. The largest absolute Gasteiger partial charge is 0.448 e. The van der Waals surface area contributed by atoms with E-state index in [1.807, 2.05) is 12.1 Å². The Kier molecular flexibility index (Phi) is 3.32. The van der Waals surface area contributed by atoms with Crippen LogP contribution >= 0.6 is 43.5 Å². The standard InChI is InChI=1S/C12H7Br2ClN2O2/c13-6-4-8-7(16-12(18)17-8)3-5(6)11(14)9-1-2-10(15)19-9/h1-4,11H,(H2,16,17,18). The predicted molar refractivity (Wildman–Crippen MR) is 81.1 cm³/mol. The Morgan fingerprint density at radius 3 is 2.53 bits per heavy atom. The highest BCUT2D eigenvalue weighted by Crippen LogP contribution is 2.38. The van der Waals surface area contributed by atoms with Crippen LogP contribution in [0.3, 0.4) is 0 Å². The van der Waals surface area contributed by atoms with E-state index >= 15 is 0 Å². The number of imidazole rings is 1. The summed E-state index contributed by atoms with van der Waals surface area (Å²) in [5.74, 6) is 0.697. The van der Waals surface area contributed by atoms with Gasteiger partial charge in [0, 0.05) is 4.47 Å². The Hall–Kier alpha value is -0.980. The molecule has 19 heavy (non-hydrogen) atoms. The molecule has 0 amide bonds. The molecule has 1 atom stereocenters. The lowest BCUT2D eigenvalue weighted by molar-refractivity contribution is 0.521. The molecule has 2 aromatic heterocycles. The van der Waals surface area contributed by atoms with E-state index in [2.05, 4.69) is 41.8 Å². The van der Waals surface area contributed by atoms with Crippen LogP contribution in [0.5, 0.6) is 0 Å². The summed E-state index contributed by atoms with van der Waals surface area (Å²) in [6, 6.07) is 7.22. The molecule has 0 saturated heterocycles. The van der Waals surface area contributed by atoms with Crippen LogP contribution in [0.15, 0.2) is 37.9 Å². The summed E-state index contributed by atoms with van der Waals surface area (Å²) in [7, 11) is 0. The zero-order valence-electron chi connectivity index (χ0n) is 9.34. The van der Waals surface area contributed by atoms with Crippen molar-refractivity contribution in [2.45, 2.75) is 4.83 Å². The number of halogens is 3. The molecule has 98 valence electrons. The van der Waals surface area contributed by atoms with Gasteiger partial charge in [-0.25, -0.2) is 4.79 Å². The molecule has 3 rings (SSSR count). The summed E-state index contributed by atoms with van der Waals surface area (Å²) in [5.41, 5.74) is 2.20.